The molecule has 0 aromatic rings. The van der Waals surface area contributed by atoms with E-state index in [-0.39, 0.29) is 0 Å². The number of hydrogen-bond acceptors (Lipinski definition) is 0. The first kappa shape index (κ1) is 9.22. The van der Waals surface area contributed by atoms with Crippen LogP contribution < -0.4 is 0 Å². The highest BCUT2D eigenvalue weighted by Crippen LogP contribution is 2.15. The summed E-state index contributed by atoms with van der Waals surface area (Å²) in [6.45, 7) is 11.7. The summed E-state index contributed by atoms with van der Waals surface area (Å²) in [6, 6.07) is 2.55. The van der Waals surface area contributed by atoms with Gasteiger partial charge in [-0.25, -0.2) is 0 Å². The van der Waals surface area contributed by atoms with E-state index in [9.17, 15) is 0 Å². The standard InChI is InChI=1S/C8H19Si/c1-6-8(2)7-9(3,4)5/h7-8H,6H2,1-5H3. The van der Waals surface area contributed by atoms with Crippen LogP contribution in [-0.4, -0.2) is 8.07 Å². The summed E-state index contributed by atoms with van der Waals surface area (Å²) in [5, 5.41) is 0. The van der Waals surface area contributed by atoms with E-state index in [1.165, 1.54) is 6.42 Å². The van der Waals surface area contributed by atoms with Crippen LogP contribution in [0, 0.1) is 12.0 Å². The fraction of sp³-hybridized carbons (Fsp3) is 0.875. The molecule has 0 amide bonds. The van der Waals surface area contributed by atoms with Crippen LogP contribution in [0.1, 0.15) is 20.3 Å². The molecule has 0 aliphatic rings. The topological polar surface area (TPSA) is 0 Å². The van der Waals surface area contributed by atoms with Crippen molar-refractivity contribution >= 4 is 8.07 Å². The van der Waals surface area contributed by atoms with Gasteiger partial charge in [-0.15, -0.1) is 0 Å². The molecule has 0 rings (SSSR count). The second-order valence-electron chi connectivity index (χ2n) is 3.92. The smallest absolute Gasteiger partial charge is 0.0476 e. The summed E-state index contributed by atoms with van der Waals surface area (Å²) in [6.07, 6.45) is 1.30. The van der Waals surface area contributed by atoms with E-state index in [4.69, 9.17) is 0 Å². The molecular weight excluding hydrogens is 124 g/mol. The lowest BCUT2D eigenvalue weighted by molar-refractivity contribution is 0.673. The average Bonchev–Trinajstić information content (AvgIpc) is 1.62. The summed E-state index contributed by atoms with van der Waals surface area (Å²) in [5.74, 6) is 0.830. The van der Waals surface area contributed by atoms with E-state index in [1.54, 1.807) is 0 Å². The summed E-state index contributed by atoms with van der Waals surface area (Å²) in [5.41, 5.74) is 0. The van der Waals surface area contributed by atoms with Crippen molar-refractivity contribution in [2.75, 3.05) is 0 Å². The van der Waals surface area contributed by atoms with Gasteiger partial charge in [0.25, 0.3) is 0 Å². The lowest BCUT2D eigenvalue weighted by Crippen LogP contribution is -2.24. The third-order valence-corrected chi connectivity index (χ3v) is 3.00. The lowest BCUT2D eigenvalue weighted by Gasteiger charge is -2.19. The highest BCUT2D eigenvalue weighted by Gasteiger charge is 2.15. The van der Waals surface area contributed by atoms with Crippen LogP contribution in [0.4, 0.5) is 0 Å². The third-order valence-electron chi connectivity index (χ3n) is 1.43. The molecule has 1 heteroatoms. The maximum absolute atomic E-state index is 2.55. The summed E-state index contributed by atoms with van der Waals surface area (Å²) >= 11 is 0. The van der Waals surface area contributed by atoms with Crippen molar-refractivity contribution in [2.24, 2.45) is 5.92 Å². The van der Waals surface area contributed by atoms with Gasteiger partial charge < -0.3 is 0 Å². The highest BCUT2D eigenvalue weighted by atomic mass is 28.3. The van der Waals surface area contributed by atoms with Crippen molar-refractivity contribution in [2.45, 2.75) is 39.9 Å². The maximum atomic E-state index is 2.55. The molecule has 0 aliphatic carbocycles. The molecule has 55 valence electrons. The van der Waals surface area contributed by atoms with Crippen molar-refractivity contribution in [3.8, 4) is 0 Å². The molecule has 0 N–H and O–H groups in total. The molecule has 0 spiro atoms. The fourth-order valence-electron chi connectivity index (χ4n) is 0.971. The predicted molar refractivity (Wildman–Crippen MR) is 47.1 cm³/mol. The van der Waals surface area contributed by atoms with E-state index in [2.05, 4.69) is 39.5 Å². The van der Waals surface area contributed by atoms with Crippen molar-refractivity contribution in [3.05, 3.63) is 6.04 Å². The summed E-state index contributed by atoms with van der Waals surface area (Å²) < 4.78 is 0. The van der Waals surface area contributed by atoms with Crippen LogP contribution in [-0.2, 0) is 0 Å². The molecule has 0 aromatic carbocycles. The molecule has 1 atom stereocenters. The van der Waals surface area contributed by atoms with E-state index in [0.717, 1.165) is 5.92 Å². The Kier molecular flexibility index (Phi) is 3.48. The Bertz CT molecular complexity index is 71.1. The molecule has 0 heterocycles. The first-order valence-electron chi connectivity index (χ1n) is 3.81. The number of hydrogen-bond donors (Lipinski definition) is 0. The van der Waals surface area contributed by atoms with Crippen LogP contribution in [0.5, 0.6) is 0 Å². The zero-order chi connectivity index (χ0) is 7.49. The quantitative estimate of drug-likeness (QED) is 0.533. The zero-order valence-corrected chi connectivity index (χ0v) is 8.36. The lowest BCUT2D eigenvalue weighted by atomic mass is 10.2. The van der Waals surface area contributed by atoms with Crippen molar-refractivity contribution in [1.82, 2.24) is 0 Å². The maximum Gasteiger partial charge on any atom is 0.0476 e. The molecular formula is C8H19Si. The zero-order valence-electron chi connectivity index (χ0n) is 7.36. The van der Waals surface area contributed by atoms with Gasteiger partial charge in [-0.1, -0.05) is 39.9 Å². The fourth-order valence-corrected chi connectivity index (χ4v) is 2.91. The van der Waals surface area contributed by atoms with Gasteiger partial charge in [0.1, 0.15) is 0 Å². The van der Waals surface area contributed by atoms with Gasteiger partial charge in [0.2, 0.25) is 0 Å². The second kappa shape index (κ2) is 3.40. The molecule has 0 bridgehead atoms. The molecule has 1 unspecified atom stereocenters. The Balaban J connectivity index is 3.47. The minimum absolute atomic E-state index is 0.830. The molecule has 0 nitrogen and oxygen atoms in total. The van der Waals surface area contributed by atoms with Gasteiger partial charge in [0, 0.05) is 8.07 Å². The highest BCUT2D eigenvalue weighted by molar-refractivity contribution is 6.79. The monoisotopic (exact) mass is 143 g/mol. The van der Waals surface area contributed by atoms with Crippen molar-refractivity contribution in [1.29, 1.82) is 0 Å². The SMILES string of the molecule is CCC(C)[CH][Si](C)(C)C. The normalized spacial score (nSPS) is 15.7. The van der Waals surface area contributed by atoms with Gasteiger partial charge in [0.05, 0.1) is 0 Å². The summed E-state index contributed by atoms with van der Waals surface area (Å²) in [4.78, 5) is 0. The Labute approximate surface area is 60.7 Å². The Hall–Kier alpha value is 0.217. The largest absolute Gasteiger partial charge is 0.0693 e. The molecule has 0 aromatic heterocycles. The molecule has 0 aliphatic heterocycles. The van der Waals surface area contributed by atoms with Crippen molar-refractivity contribution < 1.29 is 0 Å². The summed E-state index contributed by atoms with van der Waals surface area (Å²) in [7, 11) is -0.866. The Morgan fingerprint density at radius 1 is 1.33 bits per heavy atom. The molecule has 9 heavy (non-hydrogen) atoms. The van der Waals surface area contributed by atoms with Gasteiger partial charge in [-0.3, -0.25) is 0 Å². The van der Waals surface area contributed by atoms with Gasteiger partial charge in [0.15, 0.2) is 0 Å². The van der Waals surface area contributed by atoms with E-state index in [1.807, 2.05) is 0 Å². The van der Waals surface area contributed by atoms with Crippen LogP contribution >= 0.6 is 0 Å². The number of rotatable bonds is 3. The Morgan fingerprint density at radius 2 is 1.78 bits per heavy atom. The minimum Gasteiger partial charge on any atom is -0.0693 e. The third kappa shape index (κ3) is 6.10. The van der Waals surface area contributed by atoms with Crippen LogP contribution in [0.25, 0.3) is 0 Å². The average molecular weight is 143 g/mol. The molecule has 1 radical (unpaired) electrons. The van der Waals surface area contributed by atoms with Gasteiger partial charge >= 0.3 is 0 Å². The van der Waals surface area contributed by atoms with Gasteiger partial charge in [-0.2, -0.15) is 0 Å². The molecule has 0 saturated heterocycles. The van der Waals surface area contributed by atoms with E-state index < -0.39 is 8.07 Å². The predicted octanol–water partition coefficient (Wildman–Crippen LogP) is 3.11. The van der Waals surface area contributed by atoms with Crippen LogP contribution in [0.2, 0.25) is 19.6 Å². The molecule has 0 saturated carbocycles. The first-order valence-corrected chi connectivity index (χ1v) is 7.39. The van der Waals surface area contributed by atoms with Crippen molar-refractivity contribution in [3.63, 3.8) is 0 Å². The van der Waals surface area contributed by atoms with Crippen LogP contribution in [0.3, 0.4) is 0 Å². The van der Waals surface area contributed by atoms with E-state index >= 15 is 0 Å². The first-order chi connectivity index (χ1) is 3.95. The van der Waals surface area contributed by atoms with E-state index in [0.29, 0.717) is 0 Å². The Morgan fingerprint density at radius 3 is 1.89 bits per heavy atom. The van der Waals surface area contributed by atoms with Crippen LogP contribution in [0.15, 0.2) is 0 Å². The molecule has 0 fully saturated rings. The minimum atomic E-state index is -0.866. The van der Waals surface area contributed by atoms with Gasteiger partial charge in [-0.05, 0) is 12.0 Å². The second-order valence-corrected chi connectivity index (χ2v) is 8.98.